The van der Waals surface area contributed by atoms with E-state index < -0.39 is 59.4 Å². The molecule has 4 aromatic carbocycles. The van der Waals surface area contributed by atoms with Crippen molar-refractivity contribution in [1.82, 2.24) is 16.0 Å². The molecule has 10 heteroatoms. The van der Waals surface area contributed by atoms with Crippen molar-refractivity contribution in [2.75, 3.05) is 0 Å². The first kappa shape index (κ1) is 44.0. The van der Waals surface area contributed by atoms with Gasteiger partial charge in [0.1, 0.15) is 11.2 Å². The van der Waals surface area contributed by atoms with E-state index in [0.717, 1.165) is 22.3 Å². The molecule has 4 aromatic rings. The molecule has 0 spiro atoms. The van der Waals surface area contributed by atoms with E-state index in [1.165, 1.54) is 0 Å². The molecule has 0 radical (unpaired) electrons. The second-order valence-corrected chi connectivity index (χ2v) is 16.8. The predicted molar refractivity (Wildman–Crippen MR) is 222 cm³/mol. The van der Waals surface area contributed by atoms with Gasteiger partial charge in [-0.1, -0.05) is 121 Å². The number of rotatable bonds is 18. The molecule has 0 saturated heterocycles. The molecule has 2 amide bonds. The number of hydrogen-bond donors (Lipinski definition) is 6. The zero-order valence-corrected chi connectivity index (χ0v) is 33.8. The Hall–Kier alpha value is -4.74. The van der Waals surface area contributed by atoms with Gasteiger partial charge in [-0.05, 0) is 89.5 Å². The molecule has 0 aliphatic carbocycles. The van der Waals surface area contributed by atoms with Gasteiger partial charge in [0, 0.05) is 18.9 Å². The van der Waals surface area contributed by atoms with Gasteiger partial charge in [0.25, 0.3) is 0 Å². The second kappa shape index (κ2) is 20.4. The molecule has 3 unspecified atom stereocenters. The number of nitrogens with one attached hydrogen (secondary N) is 3. The van der Waals surface area contributed by atoms with Crippen molar-refractivity contribution in [2.45, 2.75) is 127 Å². The molecule has 6 atom stereocenters. The predicted octanol–water partition coefficient (Wildman–Crippen LogP) is 6.86. The summed E-state index contributed by atoms with van der Waals surface area (Å²) in [5.41, 5.74) is 8.55. The fourth-order valence-corrected chi connectivity index (χ4v) is 6.83. The fraction of sp³-hybridized carbons (Fsp3) is 0.435. The van der Waals surface area contributed by atoms with Crippen LogP contribution in [0.25, 0.3) is 0 Å². The molecule has 0 aromatic heterocycles. The van der Waals surface area contributed by atoms with E-state index in [1.54, 1.807) is 41.5 Å². The van der Waals surface area contributed by atoms with Crippen molar-refractivity contribution in [3.05, 3.63) is 144 Å². The lowest BCUT2D eigenvalue weighted by atomic mass is 9.87. The number of ether oxygens (including phenoxy) is 2. The molecule has 56 heavy (non-hydrogen) atoms. The molecule has 7 N–H and O–H groups in total. The van der Waals surface area contributed by atoms with Gasteiger partial charge in [0.2, 0.25) is 0 Å². The third-order valence-corrected chi connectivity index (χ3v) is 9.21. The van der Waals surface area contributed by atoms with Gasteiger partial charge in [0.05, 0.1) is 30.0 Å². The van der Waals surface area contributed by atoms with E-state index >= 15 is 0 Å². The maximum Gasteiger partial charge on any atom is 0.407 e. The zero-order chi connectivity index (χ0) is 40.8. The third-order valence-electron chi connectivity index (χ3n) is 9.21. The first-order chi connectivity index (χ1) is 26.5. The van der Waals surface area contributed by atoms with E-state index in [-0.39, 0.29) is 12.8 Å². The molecular formula is C46H62N4O6. The number of aliphatic hydroxyl groups is 2. The van der Waals surface area contributed by atoms with Crippen LogP contribution in [0.5, 0.6) is 0 Å². The molecule has 10 nitrogen and oxygen atoms in total. The Kier molecular flexibility index (Phi) is 16.0. The molecule has 0 saturated carbocycles. The third kappa shape index (κ3) is 16.2. The van der Waals surface area contributed by atoms with Crippen molar-refractivity contribution in [3.8, 4) is 0 Å². The van der Waals surface area contributed by atoms with Crippen molar-refractivity contribution in [2.24, 2.45) is 5.73 Å². The van der Waals surface area contributed by atoms with Crippen LogP contribution in [0, 0.1) is 0 Å². The fourth-order valence-electron chi connectivity index (χ4n) is 6.83. The Morgan fingerprint density at radius 1 is 0.571 bits per heavy atom. The monoisotopic (exact) mass is 766 g/mol. The number of nitrogens with two attached hydrogens (primary N) is 1. The van der Waals surface area contributed by atoms with Crippen LogP contribution in [-0.4, -0.2) is 69.6 Å². The van der Waals surface area contributed by atoms with Crippen molar-refractivity contribution >= 4 is 12.2 Å². The number of carbonyl (C=O) groups is 2. The molecule has 0 bridgehead atoms. The average molecular weight is 767 g/mol. The van der Waals surface area contributed by atoms with Gasteiger partial charge in [0.15, 0.2) is 0 Å². The number of alkyl carbamates (subject to hydrolysis) is 2. The van der Waals surface area contributed by atoms with Gasteiger partial charge in [-0.25, -0.2) is 9.59 Å². The minimum absolute atomic E-state index is 0.0418. The highest BCUT2D eigenvalue weighted by Crippen LogP contribution is 2.23. The van der Waals surface area contributed by atoms with Crippen LogP contribution >= 0.6 is 0 Å². The SMILES string of the molecule is CC(C)(C)OC(=O)NC(Cc1ccccc1)C(O)CC(N)(Cc1ccccc1)N[C@@H](Cc1ccccc1)C[C@H](O)[C@H](Cc1ccccc1)NC(=O)OC(C)(C)C. The summed E-state index contributed by atoms with van der Waals surface area (Å²) in [6.07, 6.45) is -1.60. The maximum atomic E-state index is 13.1. The maximum absolute atomic E-state index is 13.1. The molecule has 0 heterocycles. The first-order valence-corrected chi connectivity index (χ1v) is 19.5. The molecular weight excluding hydrogens is 705 g/mol. The van der Waals surface area contributed by atoms with Crippen LogP contribution in [0.3, 0.4) is 0 Å². The van der Waals surface area contributed by atoms with E-state index in [2.05, 4.69) is 16.0 Å². The average Bonchev–Trinajstić information content (AvgIpc) is 3.11. The number of hydrogen-bond acceptors (Lipinski definition) is 8. The Labute approximate surface area is 333 Å². The lowest BCUT2D eigenvalue weighted by Crippen LogP contribution is -2.63. The summed E-state index contributed by atoms with van der Waals surface area (Å²) >= 11 is 0. The number of benzene rings is 4. The zero-order valence-electron chi connectivity index (χ0n) is 33.8. The normalized spacial score (nSPS) is 15.7. The van der Waals surface area contributed by atoms with E-state index in [4.69, 9.17) is 15.2 Å². The quantitative estimate of drug-likeness (QED) is 0.0601. The Morgan fingerprint density at radius 2 is 0.929 bits per heavy atom. The smallest absolute Gasteiger partial charge is 0.407 e. The summed E-state index contributed by atoms with van der Waals surface area (Å²) in [4.78, 5) is 26.2. The van der Waals surface area contributed by atoms with Crippen LogP contribution in [-0.2, 0) is 35.2 Å². The number of aliphatic hydroxyl groups excluding tert-OH is 2. The summed E-state index contributed by atoms with van der Waals surface area (Å²) in [5, 5.41) is 33.6. The molecule has 302 valence electrons. The van der Waals surface area contributed by atoms with E-state index in [9.17, 15) is 19.8 Å². The topological polar surface area (TPSA) is 155 Å². The Bertz CT molecular complexity index is 1750. The standard InChI is InChI=1S/C46H62N4O6/c1-44(2,3)55-42(53)48-38(28-34-21-13-8-14-22-34)40(51)30-37(27-33-19-11-7-12-20-33)50-46(47,31-36-25-17-10-18-26-36)32-41(52)39(29-35-23-15-9-16-24-35)49-43(54)56-45(4,5)6/h7-26,37-41,50-52H,27-32,47H2,1-6H3,(H,48,53)(H,49,54)/t37-,38-,39?,40-,41?,46?/m0/s1. The minimum atomic E-state index is -1.22. The molecule has 0 aliphatic heterocycles. The second-order valence-electron chi connectivity index (χ2n) is 16.8. The summed E-state index contributed by atoms with van der Waals surface area (Å²) < 4.78 is 11.2. The Balaban J connectivity index is 1.67. The minimum Gasteiger partial charge on any atom is -0.444 e. The lowest BCUT2D eigenvalue weighted by Gasteiger charge is -2.40. The summed E-state index contributed by atoms with van der Waals surface area (Å²) in [6.45, 7) is 10.8. The van der Waals surface area contributed by atoms with Crippen molar-refractivity contribution < 1.29 is 29.3 Å². The summed E-state index contributed by atoms with van der Waals surface area (Å²) in [6, 6.07) is 37.2. The highest BCUT2D eigenvalue weighted by atomic mass is 16.6. The van der Waals surface area contributed by atoms with Gasteiger partial charge in [-0.15, -0.1) is 0 Å². The lowest BCUT2D eigenvalue weighted by molar-refractivity contribution is 0.0331. The van der Waals surface area contributed by atoms with Crippen LogP contribution in [0.15, 0.2) is 121 Å². The summed E-state index contributed by atoms with van der Waals surface area (Å²) in [5.74, 6) is 0. The number of amides is 2. The molecule has 4 rings (SSSR count). The first-order valence-electron chi connectivity index (χ1n) is 19.5. The Morgan fingerprint density at radius 3 is 1.32 bits per heavy atom. The molecule has 0 fully saturated rings. The largest absolute Gasteiger partial charge is 0.444 e. The van der Waals surface area contributed by atoms with Crippen LogP contribution in [0.4, 0.5) is 9.59 Å². The van der Waals surface area contributed by atoms with Gasteiger partial charge < -0.3 is 36.1 Å². The van der Waals surface area contributed by atoms with Crippen molar-refractivity contribution in [1.29, 1.82) is 0 Å². The van der Waals surface area contributed by atoms with Crippen LogP contribution in [0.1, 0.15) is 76.6 Å². The van der Waals surface area contributed by atoms with Crippen LogP contribution < -0.4 is 21.7 Å². The van der Waals surface area contributed by atoms with Crippen LogP contribution in [0.2, 0.25) is 0 Å². The van der Waals surface area contributed by atoms with E-state index in [0.29, 0.717) is 25.7 Å². The van der Waals surface area contributed by atoms with Crippen molar-refractivity contribution in [3.63, 3.8) is 0 Å². The van der Waals surface area contributed by atoms with Gasteiger partial charge in [-0.3, -0.25) is 5.32 Å². The highest BCUT2D eigenvalue weighted by Gasteiger charge is 2.37. The van der Waals surface area contributed by atoms with E-state index in [1.807, 2.05) is 121 Å². The van der Waals surface area contributed by atoms with Gasteiger partial charge in [-0.2, -0.15) is 0 Å². The molecule has 0 aliphatic rings. The number of carbonyl (C=O) groups excluding carboxylic acids is 2. The highest BCUT2D eigenvalue weighted by molar-refractivity contribution is 5.68. The van der Waals surface area contributed by atoms with Gasteiger partial charge >= 0.3 is 12.2 Å². The summed E-state index contributed by atoms with van der Waals surface area (Å²) in [7, 11) is 0.